The van der Waals surface area contributed by atoms with Gasteiger partial charge < -0.3 is 14.6 Å². The van der Waals surface area contributed by atoms with Crippen molar-refractivity contribution in [1.82, 2.24) is 0 Å². The molecule has 0 aromatic heterocycles. The summed E-state index contributed by atoms with van der Waals surface area (Å²) in [5, 5.41) is 9.64. The van der Waals surface area contributed by atoms with E-state index in [0.29, 0.717) is 16.3 Å². The van der Waals surface area contributed by atoms with Crippen molar-refractivity contribution in [2.45, 2.75) is 33.0 Å². The van der Waals surface area contributed by atoms with Crippen LogP contribution in [0.25, 0.3) is 11.1 Å². The average molecular weight is 367 g/mol. The van der Waals surface area contributed by atoms with Crippen LogP contribution < -0.4 is 4.74 Å². The normalized spacial score (nSPS) is 11.3. The molecule has 0 heterocycles. The van der Waals surface area contributed by atoms with Crippen LogP contribution in [-0.4, -0.2) is 23.3 Å². The van der Waals surface area contributed by atoms with Gasteiger partial charge in [0.15, 0.2) is 6.61 Å². The van der Waals surface area contributed by atoms with E-state index < -0.39 is 24.0 Å². The Bertz CT molecular complexity index is 769. The number of rotatable bonds is 5. The number of aliphatic hydroxyl groups excluding tert-OH is 1. The molecule has 134 valence electrons. The SMILES string of the molecule is CC(C)(C)OC(=O)COc1ccc(Cl)cc1-c1cccc(CO)c1F. The first-order chi connectivity index (χ1) is 11.7. The van der Waals surface area contributed by atoms with Crippen LogP contribution in [0.4, 0.5) is 4.39 Å². The van der Waals surface area contributed by atoms with Gasteiger partial charge in [0.05, 0.1) is 6.61 Å². The quantitative estimate of drug-likeness (QED) is 0.799. The van der Waals surface area contributed by atoms with Gasteiger partial charge in [-0.3, -0.25) is 0 Å². The van der Waals surface area contributed by atoms with Gasteiger partial charge in [-0.2, -0.15) is 0 Å². The average Bonchev–Trinajstić information content (AvgIpc) is 2.52. The molecule has 2 aromatic rings. The summed E-state index contributed by atoms with van der Waals surface area (Å²) in [6, 6.07) is 9.37. The number of hydrogen-bond acceptors (Lipinski definition) is 4. The van der Waals surface area contributed by atoms with E-state index in [1.807, 2.05) is 0 Å². The van der Waals surface area contributed by atoms with Crippen molar-refractivity contribution in [3.8, 4) is 16.9 Å². The first kappa shape index (κ1) is 19.2. The molecule has 0 aliphatic carbocycles. The van der Waals surface area contributed by atoms with E-state index in [0.717, 1.165) is 0 Å². The Morgan fingerprint density at radius 2 is 1.92 bits per heavy atom. The lowest BCUT2D eigenvalue weighted by molar-refractivity contribution is -0.157. The van der Waals surface area contributed by atoms with Crippen LogP contribution in [0.15, 0.2) is 36.4 Å². The lowest BCUT2D eigenvalue weighted by Crippen LogP contribution is -2.27. The Balaban J connectivity index is 2.31. The summed E-state index contributed by atoms with van der Waals surface area (Å²) in [5.41, 5.74) is 0.165. The molecule has 2 rings (SSSR count). The van der Waals surface area contributed by atoms with E-state index in [9.17, 15) is 14.3 Å². The number of esters is 1. The highest BCUT2D eigenvalue weighted by molar-refractivity contribution is 6.31. The molecule has 25 heavy (non-hydrogen) atoms. The van der Waals surface area contributed by atoms with Crippen LogP contribution in [0.5, 0.6) is 5.75 Å². The number of aliphatic hydroxyl groups is 1. The molecule has 0 saturated carbocycles. The molecule has 4 nitrogen and oxygen atoms in total. The molecule has 0 fully saturated rings. The molecule has 0 atom stereocenters. The largest absolute Gasteiger partial charge is 0.481 e. The van der Waals surface area contributed by atoms with Crippen molar-refractivity contribution in [2.75, 3.05) is 6.61 Å². The van der Waals surface area contributed by atoms with Gasteiger partial charge in [-0.1, -0.05) is 29.8 Å². The molecule has 0 bridgehead atoms. The number of ether oxygens (including phenoxy) is 2. The van der Waals surface area contributed by atoms with Gasteiger partial charge >= 0.3 is 5.97 Å². The van der Waals surface area contributed by atoms with Gasteiger partial charge in [0.2, 0.25) is 0 Å². The monoisotopic (exact) mass is 366 g/mol. The zero-order valence-electron chi connectivity index (χ0n) is 14.3. The van der Waals surface area contributed by atoms with Gasteiger partial charge in [0.25, 0.3) is 0 Å². The Kier molecular flexibility index (Phi) is 6.03. The molecule has 0 radical (unpaired) electrons. The van der Waals surface area contributed by atoms with E-state index in [1.165, 1.54) is 6.07 Å². The zero-order valence-corrected chi connectivity index (χ0v) is 15.1. The van der Waals surface area contributed by atoms with Crippen LogP contribution in [0, 0.1) is 5.82 Å². The highest BCUT2D eigenvalue weighted by atomic mass is 35.5. The fourth-order valence-electron chi connectivity index (χ4n) is 2.26. The van der Waals surface area contributed by atoms with Crippen molar-refractivity contribution in [3.63, 3.8) is 0 Å². The fraction of sp³-hybridized carbons (Fsp3) is 0.316. The molecule has 2 aromatic carbocycles. The van der Waals surface area contributed by atoms with E-state index >= 15 is 0 Å². The summed E-state index contributed by atoms with van der Waals surface area (Å²) in [6.45, 7) is 4.54. The van der Waals surface area contributed by atoms with Gasteiger partial charge in [-0.15, -0.1) is 0 Å². The second-order valence-corrected chi connectivity index (χ2v) is 6.89. The molecular weight excluding hydrogens is 347 g/mol. The molecule has 0 aliphatic heterocycles. The van der Waals surface area contributed by atoms with Gasteiger partial charge in [0, 0.05) is 21.7 Å². The number of benzene rings is 2. The second-order valence-electron chi connectivity index (χ2n) is 6.45. The molecule has 1 N–H and O–H groups in total. The first-order valence-corrected chi connectivity index (χ1v) is 8.12. The third-order valence-electron chi connectivity index (χ3n) is 3.25. The number of halogens is 2. The van der Waals surface area contributed by atoms with E-state index in [2.05, 4.69) is 0 Å². The number of carbonyl (C=O) groups excluding carboxylic acids is 1. The summed E-state index contributed by atoms with van der Waals surface area (Å²) in [6.07, 6.45) is 0. The van der Waals surface area contributed by atoms with E-state index in [4.69, 9.17) is 21.1 Å². The first-order valence-electron chi connectivity index (χ1n) is 7.74. The summed E-state index contributed by atoms with van der Waals surface area (Å²) >= 11 is 6.02. The van der Waals surface area contributed by atoms with Crippen molar-refractivity contribution in [3.05, 3.63) is 52.8 Å². The van der Waals surface area contributed by atoms with Crippen LogP contribution in [-0.2, 0) is 16.1 Å². The summed E-state index contributed by atoms with van der Waals surface area (Å²) < 4.78 is 25.3. The van der Waals surface area contributed by atoms with E-state index in [1.54, 1.807) is 51.1 Å². The molecule has 0 unspecified atom stereocenters. The Labute approximate surface area is 151 Å². The predicted octanol–water partition coefficient (Wildman–Crippen LogP) is 4.36. The van der Waals surface area contributed by atoms with Crippen molar-refractivity contribution in [2.24, 2.45) is 0 Å². The molecular formula is C19H20ClFO4. The minimum Gasteiger partial charge on any atom is -0.481 e. The molecule has 0 spiro atoms. The summed E-state index contributed by atoms with van der Waals surface area (Å²) in [5.74, 6) is -0.795. The third-order valence-corrected chi connectivity index (χ3v) is 3.48. The van der Waals surface area contributed by atoms with Gasteiger partial charge in [0.1, 0.15) is 17.2 Å². The Hall–Kier alpha value is -2.11. The van der Waals surface area contributed by atoms with Gasteiger partial charge in [-0.25, -0.2) is 9.18 Å². The maximum absolute atomic E-state index is 14.5. The molecule has 6 heteroatoms. The van der Waals surface area contributed by atoms with Crippen LogP contribution >= 0.6 is 11.6 Å². The smallest absolute Gasteiger partial charge is 0.344 e. The Morgan fingerprint density at radius 1 is 1.20 bits per heavy atom. The van der Waals surface area contributed by atoms with Crippen LogP contribution in [0.3, 0.4) is 0 Å². The van der Waals surface area contributed by atoms with E-state index in [-0.39, 0.29) is 17.7 Å². The summed E-state index contributed by atoms with van der Waals surface area (Å²) in [7, 11) is 0. The van der Waals surface area contributed by atoms with Gasteiger partial charge in [-0.05, 0) is 39.0 Å². The maximum atomic E-state index is 14.5. The number of carbonyl (C=O) groups is 1. The number of hydrogen-bond donors (Lipinski definition) is 1. The second kappa shape index (κ2) is 7.85. The topological polar surface area (TPSA) is 55.8 Å². The lowest BCUT2D eigenvalue weighted by atomic mass is 10.0. The Morgan fingerprint density at radius 3 is 2.56 bits per heavy atom. The molecule has 0 amide bonds. The lowest BCUT2D eigenvalue weighted by Gasteiger charge is -2.20. The van der Waals surface area contributed by atoms with Crippen LogP contribution in [0.1, 0.15) is 26.3 Å². The van der Waals surface area contributed by atoms with Crippen LogP contribution in [0.2, 0.25) is 5.02 Å². The standard InChI is InChI=1S/C19H20ClFO4/c1-19(2,3)25-17(23)11-24-16-8-7-13(20)9-15(16)14-6-4-5-12(10-22)18(14)21/h4-9,22H,10-11H2,1-3H3. The molecule has 0 saturated heterocycles. The van der Waals surface area contributed by atoms with Crippen molar-refractivity contribution in [1.29, 1.82) is 0 Å². The highest BCUT2D eigenvalue weighted by Crippen LogP contribution is 2.35. The van der Waals surface area contributed by atoms with Crippen molar-refractivity contribution >= 4 is 17.6 Å². The molecule has 0 aliphatic rings. The minimum atomic E-state index is -0.620. The van der Waals surface area contributed by atoms with Crippen molar-refractivity contribution < 1.29 is 23.8 Å². The highest BCUT2D eigenvalue weighted by Gasteiger charge is 2.19. The minimum absolute atomic E-state index is 0.163. The third kappa shape index (κ3) is 5.18. The maximum Gasteiger partial charge on any atom is 0.344 e. The summed E-state index contributed by atoms with van der Waals surface area (Å²) in [4.78, 5) is 11.8. The predicted molar refractivity (Wildman–Crippen MR) is 94.1 cm³/mol. The fourth-order valence-corrected chi connectivity index (χ4v) is 2.43. The zero-order chi connectivity index (χ0) is 18.6.